The summed E-state index contributed by atoms with van der Waals surface area (Å²) in [6, 6.07) is 0. The second-order valence-electron chi connectivity index (χ2n) is 3.01. The third kappa shape index (κ3) is 3.68. The van der Waals surface area contributed by atoms with Crippen molar-refractivity contribution in [3.63, 3.8) is 0 Å². The predicted molar refractivity (Wildman–Crippen MR) is 58.3 cm³/mol. The molecule has 0 aromatic carbocycles. The van der Waals surface area contributed by atoms with Gasteiger partial charge in [-0.15, -0.1) is 6.58 Å². The second kappa shape index (κ2) is 6.55. The molecule has 0 saturated heterocycles. The lowest BCUT2D eigenvalue weighted by molar-refractivity contribution is 0.0592. The summed E-state index contributed by atoms with van der Waals surface area (Å²) in [5, 5.41) is 0. The summed E-state index contributed by atoms with van der Waals surface area (Å²) in [6.07, 6.45) is 6.35. The van der Waals surface area contributed by atoms with Gasteiger partial charge in [0.2, 0.25) is 5.88 Å². The number of unbranched alkanes of at least 4 members (excludes halogenated alkanes) is 1. The minimum Gasteiger partial charge on any atom is -0.477 e. The Labute approximate surface area is 94.1 Å². The zero-order chi connectivity index (χ0) is 11.8. The molecule has 86 valence electrons. The van der Waals surface area contributed by atoms with Crippen LogP contribution in [0, 0.1) is 0 Å². The lowest BCUT2D eigenvalue weighted by Crippen LogP contribution is -2.07. The van der Waals surface area contributed by atoms with Crippen LogP contribution in [0.5, 0.6) is 5.88 Å². The van der Waals surface area contributed by atoms with E-state index in [1.165, 1.54) is 19.5 Å². The first-order valence-electron chi connectivity index (χ1n) is 4.92. The molecular weight excluding hydrogens is 208 g/mol. The molecule has 0 unspecified atom stereocenters. The summed E-state index contributed by atoms with van der Waals surface area (Å²) in [5.74, 6) is -0.198. The van der Waals surface area contributed by atoms with E-state index in [0.717, 1.165) is 12.8 Å². The Morgan fingerprint density at radius 2 is 2.38 bits per heavy atom. The number of methoxy groups -OCH3 is 1. The first-order valence-corrected chi connectivity index (χ1v) is 4.92. The smallest absolute Gasteiger partial charge is 0.358 e. The fraction of sp³-hybridized carbons (Fsp3) is 0.364. The highest BCUT2D eigenvalue weighted by Crippen LogP contribution is 2.06. The lowest BCUT2D eigenvalue weighted by atomic mass is 10.3. The monoisotopic (exact) mass is 222 g/mol. The largest absolute Gasteiger partial charge is 0.477 e. The number of esters is 1. The summed E-state index contributed by atoms with van der Waals surface area (Å²) < 4.78 is 9.84. The van der Waals surface area contributed by atoms with Crippen molar-refractivity contribution in [3.05, 3.63) is 30.7 Å². The van der Waals surface area contributed by atoms with E-state index in [0.29, 0.717) is 12.5 Å². The first-order chi connectivity index (χ1) is 7.77. The van der Waals surface area contributed by atoms with Crippen LogP contribution in [0.1, 0.15) is 23.3 Å². The molecule has 1 aromatic heterocycles. The molecule has 0 aliphatic rings. The molecule has 0 N–H and O–H groups in total. The highest BCUT2D eigenvalue weighted by Gasteiger charge is 2.08. The molecule has 0 aliphatic heterocycles. The molecule has 0 spiro atoms. The van der Waals surface area contributed by atoms with Gasteiger partial charge in [0.1, 0.15) is 0 Å². The minimum absolute atomic E-state index is 0.142. The average molecular weight is 222 g/mol. The highest BCUT2D eigenvalue weighted by atomic mass is 16.5. The van der Waals surface area contributed by atoms with E-state index < -0.39 is 5.97 Å². The quantitative estimate of drug-likeness (QED) is 0.415. The van der Waals surface area contributed by atoms with Crippen molar-refractivity contribution in [3.8, 4) is 5.88 Å². The molecule has 0 aliphatic carbocycles. The van der Waals surface area contributed by atoms with E-state index in [1.807, 2.05) is 6.08 Å². The number of rotatable bonds is 6. The summed E-state index contributed by atoms with van der Waals surface area (Å²) >= 11 is 0. The van der Waals surface area contributed by atoms with Gasteiger partial charge in [-0.05, 0) is 12.8 Å². The number of allylic oxidation sites excluding steroid dienone is 1. The number of carbonyl (C=O) groups excluding carboxylic acids is 1. The maximum Gasteiger partial charge on any atom is 0.358 e. The Morgan fingerprint density at radius 1 is 1.56 bits per heavy atom. The van der Waals surface area contributed by atoms with Crippen molar-refractivity contribution in [1.29, 1.82) is 0 Å². The first kappa shape index (κ1) is 12.2. The Kier molecular flexibility index (Phi) is 4.98. The third-order valence-electron chi connectivity index (χ3n) is 1.81. The van der Waals surface area contributed by atoms with Gasteiger partial charge in [0.25, 0.3) is 0 Å². The van der Waals surface area contributed by atoms with Gasteiger partial charge >= 0.3 is 5.97 Å². The van der Waals surface area contributed by atoms with Crippen LogP contribution in [0.3, 0.4) is 0 Å². The van der Waals surface area contributed by atoms with Crippen LogP contribution >= 0.6 is 0 Å². The standard InChI is InChI=1S/C11H14N2O3/c1-3-4-5-6-16-10-8-12-7-9(13-10)11(14)15-2/h3,7-8H,1,4-6H2,2H3. The van der Waals surface area contributed by atoms with Crippen LogP contribution in [0.2, 0.25) is 0 Å². The molecule has 0 radical (unpaired) electrons. The van der Waals surface area contributed by atoms with Crippen LogP contribution < -0.4 is 4.74 Å². The molecular formula is C11H14N2O3. The zero-order valence-electron chi connectivity index (χ0n) is 9.18. The van der Waals surface area contributed by atoms with Crippen molar-refractivity contribution in [2.75, 3.05) is 13.7 Å². The Balaban J connectivity index is 2.53. The van der Waals surface area contributed by atoms with Gasteiger partial charge in [-0.1, -0.05) is 6.08 Å². The Hall–Kier alpha value is -1.91. The van der Waals surface area contributed by atoms with Crippen LogP contribution in [0.25, 0.3) is 0 Å². The van der Waals surface area contributed by atoms with E-state index in [2.05, 4.69) is 21.3 Å². The number of ether oxygens (including phenoxy) is 2. The van der Waals surface area contributed by atoms with Gasteiger partial charge in [-0.25, -0.2) is 9.78 Å². The highest BCUT2D eigenvalue weighted by molar-refractivity contribution is 5.86. The zero-order valence-corrected chi connectivity index (χ0v) is 9.18. The fourth-order valence-electron chi connectivity index (χ4n) is 1.02. The number of hydrogen-bond acceptors (Lipinski definition) is 5. The normalized spacial score (nSPS) is 9.56. The van der Waals surface area contributed by atoms with E-state index in [4.69, 9.17) is 4.74 Å². The van der Waals surface area contributed by atoms with Crippen molar-refractivity contribution in [1.82, 2.24) is 9.97 Å². The molecule has 0 saturated carbocycles. The van der Waals surface area contributed by atoms with Gasteiger partial charge < -0.3 is 9.47 Å². The van der Waals surface area contributed by atoms with Crippen molar-refractivity contribution < 1.29 is 14.3 Å². The van der Waals surface area contributed by atoms with Gasteiger partial charge in [0.15, 0.2) is 5.69 Å². The molecule has 16 heavy (non-hydrogen) atoms. The Bertz CT molecular complexity index is 366. The summed E-state index contributed by atoms with van der Waals surface area (Å²) in [4.78, 5) is 18.9. The fourth-order valence-corrected chi connectivity index (χ4v) is 1.02. The summed E-state index contributed by atoms with van der Waals surface area (Å²) in [7, 11) is 1.29. The average Bonchev–Trinajstić information content (AvgIpc) is 2.34. The van der Waals surface area contributed by atoms with Gasteiger partial charge in [-0.3, -0.25) is 4.98 Å². The molecule has 1 rings (SSSR count). The van der Waals surface area contributed by atoms with Crippen LogP contribution in [0.15, 0.2) is 25.0 Å². The van der Waals surface area contributed by atoms with Crippen LogP contribution in [0.4, 0.5) is 0 Å². The molecule has 5 nitrogen and oxygen atoms in total. The molecule has 0 atom stereocenters. The Morgan fingerprint density at radius 3 is 3.06 bits per heavy atom. The lowest BCUT2D eigenvalue weighted by Gasteiger charge is -2.04. The van der Waals surface area contributed by atoms with E-state index >= 15 is 0 Å². The third-order valence-corrected chi connectivity index (χ3v) is 1.81. The maximum absolute atomic E-state index is 11.1. The van der Waals surface area contributed by atoms with Gasteiger partial charge in [0, 0.05) is 0 Å². The maximum atomic E-state index is 11.1. The number of nitrogens with zero attached hydrogens (tertiary/aromatic N) is 2. The van der Waals surface area contributed by atoms with E-state index in [-0.39, 0.29) is 5.69 Å². The SMILES string of the molecule is C=CCCCOc1cncc(C(=O)OC)n1. The van der Waals surface area contributed by atoms with Gasteiger partial charge in [0.05, 0.1) is 26.1 Å². The molecule has 0 bridgehead atoms. The minimum atomic E-state index is -0.524. The van der Waals surface area contributed by atoms with Crippen molar-refractivity contribution in [2.45, 2.75) is 12.8 Å². The van der Waals surface area contributed by atoms with Crippen molar-refractivity contribution in [2.24, 2.45) is 0 Å². The predicted octanol–water partition coefficient (Wildman–Crippen LogP) is 1.61. The van der Waals surface area contributed by atoms with E-state index in [1.54, 1.807) is 0 Å². The number of aromatic nitrogens is 2. The summed E-state index contributed by atoms with van der Waals surface area (Å²) in [6.45, 7) is 4.13. The topological polar surface area (TPSA) is 61.3 Å². The number of carbonyl (C=O) groups is 1. The second-order valence-corrected chi connectivity index (χ2v) is 3.01. The van der Waals surface area contributed by atoms with Crippen LogP contribution in [-0.2, 0) is 4.74 Å². The molecule has 0 fully saturated rings. The van der Waals surface area contributed by atoms with E-state index in [9.17, 15) is 4.79 Å². The van der Waals surface area contributed by atoms with Crippen molar-refractivity contribution >= 4 is 5.97 Å². The van der Waals surface area contributed by atoms with Gasteiger partial charge in [-0.2, -0.15) is 0 Å². The molecule has 0 amide bonds. The molecule has 1 heterocycles. The molecule has 1 aromatic rings. The molecule has 5 heteroatoms. The number of hydrogen-bond donors (Lipinski definition) is 0. The van der Waals surface area contributed by atoms with Crippen LogP contribution in [-0.4, -0.2) is 29.7 Å². The summed E-state index contributed by atoms with van der Waals surface area (Å²) in [5.41, 5.74) is 0.142.